The molecule has 8 heteroatoms. The van der Waals surface area contributed by atoms with Crippen LogP contribution in [-0.2, 0) is 9.59 Å². The average molecular weight is 351 g/mol. The molecule has 0 aliphatic carbocycles. The molecular weight excluding hydrogens is 332 g/mol. The number of carbonyl (C=O) groups is 2. The summed E-state index contributed by atoms with van der Waals surface area (Å²) in [5, 5.41) is 9.66. The quantitative estimate of drug-likeness (QED) is 0.793. The number of hydrogen-bond acceptors (Lipinski definition) is 4. The van der Waals surface area contributed by atoms with Crippen molar-refractivity contribution in [2.24, 2.45) is 0 Å². The Labute approximate surface area is 144 Å². The predicted molar refractivity (Wildman–Crippen MR) is 90.4 cm³/mol. The van der Waals surface area contributed by atoms with Crippen LogP contribution in [0.2, 0.25) is 5.02 Å². The minimum absolute atomic E-state index is 0.145. The maximum Gasteiger partial charge on any atom is 0.260 e. The van der Waals surface area contributed by atoms with E-state index in [9.17, 15) is 9.59 Å². The van der Waals surface area contributed by atoms with Gasteiger partial charge < -0.3 is 15.4 Å². The molecule has 2 rings (SSSR count). The Kier molecular flexibility index (Phi) is 6.20. The molecule has 0 aliphatic rings. The normalized spacial score (nSPS) is 11.6. The van der Waals surface area contributed by atoms with Crippen molar-refractivity contribution in [2.45, 2.75) is 19.4 Å². The first-order chi connectivity index (χ1) is 11.5. The molecule has 1 aromatic carbocycles. The van der Waals surface area contributed by atoms with Gasteiger partial charge in [0, 0.05) is 20.0 Å². The first-order valence-electron chi connectivity index (χ1n) is 7.46. The summed E-state index contributed by atoms with van der Waals surface area (Å²) < 4.78 is 7.09. The molecule has 24 heavy (non-hydrogen) atoms. The zero-order valence-electron chi connectivity index (χ0n) is 13.5. The molecule has 0 fully saturated rings. The highest BCUT2D eigenvalue weighted by Crippen LogP contribution is 2.24. The molecule has 0 spiro atoms. The van der Waals surface area contributed by atoms with Gasteiger partial charge in [-0.25, -0.2) is 4.68 Å². The molecule has 0 saturated heterocycles. The topological polar surface area (TPSA) is 85.2 Å². The molecule has 2 aromatic rings. The van der Waals surface area contributed by atoms with Crippen LogP contribution in [0.5, 0.6) is 5.88 Å². The van der Waals surface area contributed by atoms with Gasteiger partial charge in [0.2, 0.25) is 5.91 Å². The summed E-state index contributed by atoms with van der Waals surface area (Å²) in [7, 11) is 1.54. The van der Waals surface area contributed by atoms with Crippen LogP contribution in [0.3, 0.4) is 0 Å². The minimum Gasteiger partial charge on any atom is -0.462 e. The summed E-state index contributed by atoms with van der Waals surface area (Å²) in [6, 6.07) is 9.42. The molecule has 0 saturated carbocycles. The van der Waals surface area contributed by atoms with E-state index in [1.807, 2.05) is 30.3 Å². The molecule has 1 heterocycles. The Bertz CT molecular complexity index is 703. The summed E-state index contributed by atoms with van der Waals surface area (Å²) >= 11 is 6.12. The fourth-order valence-corrected chi connectivity index (χ4v) is 2.09. The van der Waals surface area contributed by atoms with Gasteiger partial charge in [0.25, 0.3) is 11.8 Å². The van der Waals surface area contributed by atoms with Gasteiger partial charge in [0.05, 0.1) is 11.9 Å². The standard InChI is InChI=1S/C16H19ClN4O3/c1-11(15(23)19-9-8-14(22)18-2)24-16-13(17)10-21(20-16)12-6-4-3-5-7-12/h3-7,10-11H,8-9H2,1-2H3,(H,18,22)(H,19,23)/t11-/m0/s1. The van der Waals surface area contributed by atoms with Crippen LogP contribution in [0.25, 0.3) is 5.69 Å². The van der Waals surface area contributed by atoms with Crippen LogP contribution >= 0.6 is 11.6 Å². The summed E-state index contributed by atoms with van der Waals surface area (Å²) in [6.07, 6.45) is 1.03. The van der Waals surface area contributed by atoms with E-state index in [0.717, 1.165) is 5.69 Å². The lowest BCUT2D eigenvalue weighted by Gasteiger charge is -2.13. The first-order valence-corrected chi connectivity index (χ1v) is 7.84. The van der Waals surface area contributed by atoms with Gasteiger partial charge in [-0.3, -0.25) is 9.59 Å². The molecule has 2 N–H and O–H groups in total. The van der Waals surface area contributed by atoms with Crippen molar-refractivity contribution in [1.29, 1.82) is 0 Å². The third-order valence-corrected chi connectivity index (χ3v) is 3.51. The number of para-hydroxylation sites is 1. The van der Waals surface area contributed by atoms with Crippen LogP contribution < -0.4 is 15.4 Å². The monoisotopic (exact) mass is 350 g/mol. The second-order valence-corrected chi connectivity index (χ2v) is 5.44. The third-order valence-electron chi connectivity index (χ3n) is 3.25. The van der Waals surface area contributed by atoms with E-state index >= 15 is 0 Å². The number of rotatable bonds is 7. The summed E-state index contributed by atoms with van der Waals surface area (Å²) in [5.74, 6) is -0.313. The molecule has 0 bridgehead atoms. The van der Waals surface area contributed by atoms with Gasteiger partial charge >= 0.3 is 0 Å². The van der Waals surface area contributed by atoms with Crippen molar-refractivity contribution in [3.8, 4) is 11.6 Å². The molecular formula is C16H19ClN4O3. The fourth-order valence-electron chi connectivity index (χ4n) is 1.92. The number of hydrogen-bond donors (Lipinski definition) is 2. The summed E-state index contributed by atoms with van der Waals surface area (Å²) in [6.45, 7) is 1.82. The van der Waals surface area contributed by atoms with E-state index in [1.165, 1.54) is 0 Å². The second-order valence-electron chi connectivity index (χ2n) is 5.04. The second kappa shape index (κ2) is 8.35. The lowest BCUT2D eigenvalue weighted by Crippen LogP contribution is -2.38. The average Bonchev–Trinajstić information content (AvgIpc) is 2.96. The van der Waals surface area contributed by atoms with Crippen LogP contribution in [-0.4, -0.2) is 41.3 Å². The molecule has 2 amide bonds. The van der Waals surface area contributed by atoms with Crippen molar-refractivity contribution in [1.82, 2.24) is 20.4 Å². The smallest absolute Gasteiger partial charge is 0.260 e. The molecule has 1 aromatic heterocycles. The van der Waals surface area contributed by atoms with E-state index < -0.39 is 6.10 Å². The number of nitrogens with zero attached hydrogens (tertiary/aromatic N) is 2. The van der Waals surface area contributed by atoms with Crippen molar-refractivity contribution in [3.63, 3.8) is 0 Å². The van der Waals surface area contributed by atoms with Crippen LogP contribution in [0.4, 0.5) is 0 Å². The largest absolute Gasteiger partial charge is 0.462 e. The molecule has 1 atom stereocenters. The van der Waals surface area contributed by atoms with Gasteiger partial charge in [-0.2, -0.15) is 0 Å². The number of carbonyl (C=O) groups excluding carboxylic acids is 2. The van der Waals surface area contributed by atoms with E-state index in [1.54, 1.807) is 24.9 Å². The number of aromatic nitrogens is 2. The maximum atomic E-state index is 12.0. The highest BCUT2D eigenvalue weighted by atomic mass is 35.5. The third kappa shape index (κ3) is 4.73. The van der Waals surface area contributed by atoms with Gasteiger partial charge in [0.1, 0.15) is 5.02 Å². The highest BCUT2D eigenvalue weighted by molar-refractivity contribution is 6.31. The number of nitrogens with one attached hydrogen (secondary N) is 2. The Balaban J connectivity index is 1.94. The van der Waals surface area contributed by atoms with Gasteiger partial charge in [-0.05, 0) is 19.1 Å². The van der Waals surface area contributed by atoms with E-state index in [0.29, 0.717) is 5.02 Å². The van der Waals surface area contributed by atoms with Gasteiger partial charge in [0.15, 0.2) is 6.10 Å². The number of ether oxygens (including phenoxy) is 1. The lowest BCUT2D eigenvalue weighted by molar-refractivity contribution is -0.127. The van der Waals surface area contributed by atoms with E-state index in [-0.39, 0.29) is 30.7 Å². The predicted octanol–water partition coefficient (Wildman–Crippen LogP) is 1.55. The Hall–Kier alpha value is -2.54. The number of benzene rings is 1. The van der Waals surface area contributed by atoms with Crippen LogP contribution in [0, 0.1) is 0 Å². The summed E-state index contributed by atoms with van der Waals surface area (Å²) in [4.78, 5) is 23.1. The molecule has 128 valence electrons. The molecule has 0 unspecified atom stereocenters. The van der Waals surface area contributed by atoms with Crippen molar-refractivity contribution < 1.29 is 14.3 Å². The minimum atomic E-state index is -0.786. The number of halogens is 1. The maximum absolute atomic E-state index is 12.0. The molecule has 7 nitrogen and oxygen atoms in total. The van der Waals surface area contributed by atoms with Gasteiger partial charge in [-0.15, -0.1) is 5.10 Å². The Morgan fingerprint density at radius 2 is 2.04 bits per heavy atom. The summed E-state index contributed by atoms with van der Waals surface area (Å²) in [5.41, 5.74) is 0.830. The lowest BCUT2D eigenvalue weighted by atomic mass is 10.3. The zero-order chi connectivity index (χ0) is 17.5. The van der Waals surface area contributed by atoms with E-state index in [2.05, 4.69) is 15.7 Å². The van der Waals surface area contributed by atoms with Crippen LogP contribution in [0.15, 0.2) is 36.5 Å². The van der Waals surface area contributed by atoms with Crippen molar-refractivity contribution in [2.75, 3.05) is 13.6 Å². The Morgan fingerprint density at radius 3 is 2.71 bits per heavy atom. The van der Waals surface area contributed by atoms with E-state index in [4.69, 9.17) is 16.3 Å². The van der Waals surface area contributed by atoms with Crippen molar-refractivity contribution >= 4 is 23.4 Å². The SMILES string of the molecule is CNC(=O)CCNC(=O)[C@H](C)Oc1nn(-c2ccccc2)cc1Cl. The molecule has 0 radical (unpaired) electrons. The molecule has 0 aliphatic heterocycles. The highest BCUT2D eigenvalue weighted by Gasteiger charge is 2.18. The zero-order valence-corrected chi connectivity index (χ0v) is 14.2. The van der Waals surface area contributed by atoms with Crippen molar-refractivity contribution in [3.05, 3.63) is 41.6 Å². The van der Waals surface area contributed by atoms with Crippen LogP contribution in [0.1, 0.15) is 13.3 Å². The fraction of sp³-hybridized carbons (Fsp3) is 0.312. The number of amides is 2. The van der Waals surface area contributed by atoms with Gasteiger partial charge in [-0.1, -0.05) is 29.8 Å². The Morgan fingerprint density at radius 1 is 1.33 bits per heavy atom. The first kappa shape index (κ1) is 17.8.